The number of phenolic OH excluding ortho intramolecular Hbond substituents is 1. The molecule has 2 aromatic carbocycles. The number of phenols is 1. The van der Waals surface area contributed by atoms with Crippen molar-refractivity contribution in [2.75, 3.05) is 74.0 Å². The Balaban J connectivity index is 0.777. The number of nitrogens with zero attached hydrogens (tertiary/aromatic N) is 7. The highest BCUT2D eigenvalue weighted by Crippen LogP contribution is 2.43. The van der Waals surface area contributed by atoms with Crippen LogP contribution in [0.1, 0.15) is 67.8 Å². The van der Waals surface area contributed by atoms with Crippen LogP contribution in [0.3, 0.4) is 0 Å². The van der Waals surface area contributed by atoms with E-state index in [2.05, 4.69) is 42.5 Å². The van der Waals surface area contributed by atoms with Crippen molar-refractivity contribution in [2.24, 2.45) is 5.92 Å². The summed E-state index contributed by atoms with van der Waals surface area (Å²) in [6.07, 6.45) is 3.47. The van der Waals surface area contributed by atoms with Gasteiger partial charge >= 0.3 is 0 Å². The zero-order valence-electron chi connectivity index (χ0n) is 32.7. The lowest BCUT2D eigenvalue weighted by Gasteiger charge is -2.55. The van der Waals surface area contributed by atoms with Crippen molar-refractivity contribution in [1.82, 2.24) is 30.2 Å². The average Bonchev–Trinajstić information content (AvgIpc) is 3.56. The minimum absolute atomic E-state index is 0.153. The molecule has 2 atom stereocenters. The van der Waals surface area contributed by atoms with E-state index >= 15 is 4.39 Å². The molecule has 1 aromatic heterocycles. The number of amides is 4. The number of carbonyl (C=O) groups excluding carboxylic acids is 4. The molecule has 4 fully saturated rings. The number of aromatic nitrogens is 2. The van der Waals surface area contributed by atoms with Gasteiger partial charge in [-0.15, -0.1) is 10.2 Å². The number of piperidine rings is 3. The van der Waals surface area contributed by atoms with E-state index in [1.807, 2.05) is 18.2 Å². The van der Waals surface area contributed by atoms with E-state index < -0.39 is 40.6 Å². The summed E-state index contributed by atoms with van der Waals surface area (Å²) < 4.78 is 30.8. The zero-order valence-corrected chi connectivity index (χ0v) is 32.7. The number of hydrogen-bond acceptors (Lipinski definition) is 11. The number of aromatic hydroxyl groups is 1. The van der Waals surface area contributed by atoms with Crippen LogP contribution >= 0.6 is 0 Å². The minimum Gasteiger partial charge on any atom is -0.504 e. The van der Waals surface area contributed by atoms with Crippen LogP contribution in [0.25, 0.3) is 11.3 Å². The molecule has 0 aliphatic carbocycles. The second-order valence-corrected chi connectivity index (χ2v) is 16.8. The van der Waals surface area contributed by atoms with Gasteiger partial charge in [-0.1, -0.05) is 19.1 Å². The first-order chi connectivity index (χ1) is 27.9. The van der Waals surface area contributed by atoms with E-state index in [9.17, 15) is 28.7 Å². The molecule has 3 N–H and O–H groups in total. The van der Waals surface area contributed by atoms with Gasteiger partial charge in [-0.3, -0.25) is 24.5 Å². The third-order valence-electron chi connectivity index (χ3n) is 13.5. The number of para-hydroxylation sites is 1. The standard InChI is InChI=1S/C42H49F2N9O5/c1-2-41-24-45-37-34(21-32(47-48-37)29-4-3-5-31(43)36(29)55)53(41)19-18-51(25-41)40(58)42(44)12-16-49(17-13-42)22-26-10-14-50(15-11-26)28-7-6-27-23-52(39(57)30(27)20-28)33-8-9-35(54)46-38(33)56/h3-7,20-21,26,33,55H,2,8-19,22-25H2,1H3,(H,45,48)(H,46,54,56)/t33-,41?/m0/s1. The molecule has 16 heteroatoms. The fraction of sp³-hybridized carbons (Fsp3) is 0.524. The van der Waals surface area contributed by atoms with Crippen LogP contribution in [0, 0.1) is 11.7 Å². The third-order valence-corrected chi connectivity index (χ3v) is 13.5. The van der Waals surface area contributed by atoms with Gasteiger partial charge in [-0.2, -0.15) is 0 Å². The summed E-state index contributed by atoms with van der Waals surface area (Å²) in [7, 11) is 0. The van der Waals surface area contributed by atoms with Crippen molar-refractivity contribution in [3.05, 3.63) is 59.4 Å². The van der Waals surface area contributed by atoms with E-state index in [0.717, 1.165) is 49.4 Å². The predicted molar refractivity (Wildman–Crippen MR) is 211 cm³/mol. The first-order valence-corrected chi connectivity index (χ1v) is 20.6. The molecule has 0 spiro atoms. The molecule has 0 radical (unpaired) electrons. The second-order valence-electron chi connectivity index (χ2n) is 16.8. The first-order valence-electron chi connectivity index (χ1n) is 20.6. The van der Waals surface area contributed by atoms with Gasteiger partial charge in [0.25, 0.3) is 11.8 Å². The number of benzene rings is 2. The SMILES string of the molecule is CCC12CNc3nnc(-c4cccc(F)c4O)cc3N1CCN(C(=O)C1(F)CCN(CC3CCN(c4ccc5c(c4)C(=O)N([C@H]4CCC(=O)NC4=O)C5)CC3)CC1)C2. The highest BCUT2D eigenvalue weighted by molar-refractivity contribution is 6.05. The van der Waals surface area contributed by atoms with E-state index in [-0.39, 0.29) is 36.6 Å². The molecule has 6 aliphatic heterocycles. The fourth-order valence-corrected chi connectivity index (χ4v) is 9.99. The Morgan fingerprint density at radius 2 is 1.76 bits per heavy atom. The van der Waals surface area contributed by atoms with Gasteiger partial charge in [-0.25, -0.2) is 8.78 Å². The largest absolute Gasteiger partial charge is 0.504 e. The molecule has 14 nitrogen and oxygen atoms in total. The first kappa shape index (κ1) is 38.2. The lowest BCUT2D eigenvalue weighted by atomic mass is 9.85. The van der Waals surface area contributed by atoms with Crippen LogP contribution in [0.15, 0.2) is 42.5 Å². The molecule has 0 saturated carbocycles. The summed E-state index contributed by atoms with van der Waals surface area (Å²) in [4.78, 5) is 61.5. The predicted octanol–water partition coefficient (Wildman–Crippen LogP) is 3.69. The van der Waals surface area contributed by atoms with Crippen LogP contribution in [0.5, 0.6) is 5.75 Å². The lowest BCUT2D eigenvalue weighted by molar-refractivity contribution is -0.149. The number of halogens is 2. The van der Waals surface area contributed by atoms with Crippen molar-refractivity contribution in [3.8, 4) is 17.0 Å². The summed E-state index contributed by atoms with van der Waals surface area (Å²) in [5, 5.41) is 24.7. The molecular weight excluding hydrogens is 749 g/mol. The van der Waals surface area contributed by atoms with Crippen LogP contribution < -0.4 is 20.4 Å². The molecule has 4 saturated heterocycles. The second kappa shape index (κ2) is 14.8. The number of anilines is 3. The van der Waals surface area contributed by atoms with Crippen LogP contribution in [0.4, 0.5) is 26.0 Å². The molecule has 9 rings (SSSR count). The molecule has 58 heavy (non-hydrogen) atoms. The van der Waals surface area contributed by atoms with E-state index in [0.29, 0.717) is 81.6 Å². The number of likely N-dealkylation sites (tertiary alicyclic amines) is 1. The van der Waals surface area contributed by atoms with Gasteiger partial charge in [0.05, 0.1) is 16.9 Å². The lowest BCUT2D eigenvalue weighted by Crippen LogP contribution is -2.69. The molecule has 306 valence electrons. The van der Waals surface area contributed by atoms with Gasteiger partial charge in [-0.05, 0) is 67.5 Å². The summed E-state index contributed by atoms with van der Waals surface area (Å²) in [6.45, 7) is 7.63. The zero-order chi connectivity index (χ0) is 40.3. The van der Waals surface area contributed by atoms with Crippen molar-refractivity contribution in [3.63, 3.8) is 0 Å². The maximum absolute atomic E-state index is 16.6. The number of fused-ring (bicyclic) bond motifs is 4. The molecular formula is C42H49F2N9O5. The average molecular weight is 798 g/mol. The van der Waals surface area contributed by atoms with E-state index in [1.165, 1.54) is 12.1 Å². The number of alkyl halides is 1. The topological polar surface area (TPSA) is 155 Å². The summed E-state index contributed by atoms with van der Waals surface area (Å²) >= 11 is 0. The van der Waals surface area contributed by atoms with E-state index in [4.69, 9.17) is 0 Å². The van der Waals surface area contributed by atoms with Gasteiger partial charge in [0.1, 0.15) is 6.04 Å². The Bertz CT molecular complexity index is 2160. The Morgan fingerprint density at radius 1 is 0.966 bits per heavy atom. The highest BCUT2D eigenvalue weighted by atomic mass is 19.1. The molecule has 6 aliphatic rings. The third kappa shape index (κ3) is 6.68. The van der Waals surface area contributed by atoms with Crippen molar-refractivity contribution in [2.45, 2.75) is 75.7 Å². The monoisotopic (exact) mass is 797 g/mol. The smallest absolute Gasteiger partial charge is 0.260 e. The van der Waals surface area contributed by atoms with Gasteiger partial charge in [0.2, 0.25) is 11.8 Å². The number of hydrogen-bond donors (Lipinski definition) is 3. The Kier molecular flexibility index (Phi) is 9.72. The van der Waals surface area contributed by atoms with Crippen LogP contribution in [0.2, 0.25) is 0 Å². The Labute approximate surface area is 335 Å². The summed E-state index contributed by atoms with van der Waals surface area (Å²) in [6, 6.07) is 11.4. The van der Waals surface area contributed by atoms with E-state index in [1.54, 1.807) is 21.9 Å². The van der Waals surface area contributed by atoms with Crippen molar-refractivity contribution < 1.29 is 33.1 Å². The maximum atomic E-state index is 16.6. The minimum atomic E-state index is -1.93. The normalized spacial score (nSPS) is 24.9. The van der Waals surface area contributed by atoms with Crippen molar-refractivity contribution in [1.29, 1.82) is 0 Å². The number of piperazine rings is 1. The van der Waals surface area contributed by atoms with Gasteiger partial charge < -0.3 is 34.9 Å². The van der Waals surface area contributed by atoms with Crippen LogP contribution in [-0.2, 0) is 20.9 Å². The number of rotatable bonds is 7. The Hall–Kier alpha value is -5.38. The molecule has 3 aromatic rings. The molecule has 7 heterocycles. The highest BCUT2D eigenvalue weighted by Gasteiger charge is 2.51. The molecule has 4 amide bonds. The van der Waals surface area contributed by atoms with Gasteiger partial charge in [0, 0.05) is 102 Å². The number of imide groups is 1. The van der Waals surface area contributed by atoms with Crippen molar-refractivity contribution >= 4 is 40.8 Å². The number of carbonyl (C=O) groups is 4. The van der Waals surface area contributed by atoms with Gasteiger partial charge in [0.15, 0.2) is 23.1 Å². The quantitative estimate of drug-likeness (QED) is 0.300. The van der Waals surface area contributed by atoms with Crippen LogP contribution in [-0.4, -0.2) is 130 Å². The Morgan fingerprint density at radius 3 is 2.52 bits per heavy atom. The maximum Gasteiger partial charge on any atom is 0.260 e. The molecule has 1 unspecified atom stereocenters. The molecule has 0 bridgehead atoms. The summed E-state index contributed by atoms with van der Waals surface area (Å²) in [5.41, 5.74) is 1.37. The fourth-order valence-electron chi connectivity index (χ4n) is 9.99. The summed E-state index contributed by atoms with van der Waals surface area (Å²) in [5.74, 6) is -1.55. The number of nitrogens with one attached hydrogen (secondary N) is 2.